The molecule has 0 fully saturated rings. The maximum absolute atomic E-state index is 10.5. The van der Waals surface area contributed by atoms with Gasteiger partial charge in [-0.3, -0.25) is 15.0 Å². The monoisotopic (exact) mass is 324 g/mol. The van der Waals surface area contributed by atoms with Gasteiger partial charge in [0.25, 0.3) is 0 Å². The molecular formula is C18H32N2O3. The van der Waals surface area contributed by atoms with Gasteiger partial charge < -0.3 is 10.2 Å². The molecule has 0 radical (unpaired) electrons. The van der Waals surface area contributed by atoms with Crippen molar-refractivity contribution in [1.82, 2.24) is 10.2 Å². The van der Waals surface area contributed by atoms with Crippen LogP contribution in [0.4, 0.5) is 0 Å². The van der Waals surface area contributed by atoms with Gasteiger partial charge in [-0.2, -0.15) is 0 Å². The van der Waals surface area contributed by atoms with Gasteiger partial charge in [0.2, 0.25) is 0 Å². The lowest BCUT2D eigenvalue weighted by Gasteiger charge is -2.28. The molecule has 0 aliphatic rings. The van der Waals surface area contributed by atoms with Crippen molar-refractivity contribution in [1.29, 1.82) is 0 Å². The fourth-order valence-electron chi connectivity index (χ4n) is 2.39. The van der Waals surface area contributed by atoms with E-state index in [4.69, 9.17) is 10.2 Å². The molecule has 3 N–H and O–H groups in total. The summed E-state index contributed by atoms with van der Waals surface area (Å²) in [6, 6.07) is 9.93. The van der Waals surface area contributed by atoms with Gasteiger partial charge in [-0.1, -0.05) is 37.3 Å². The van der Waals surface area contributed by atoms with E-state index in [0.717, 1.165) is 12.1 Å². The van der Waals surface area contributed by atoms with Crippen LogP contribution in [-0.4, -0.2) is 52.4 Å². The molecule has 5 nitrogen and oxygen atoms in total. The Kier molecular flexibility index (Phi) is 11.3. The number of nitrogens with zero attached hydrogens (tertiary/aromatic N) is 1. The van der Waals surface area contributed by atoms with E-state index in [1.165, 1.54) is 0 Å². The van der Waals surface area contributed by atoms with Gasteiger partial charge >= 0.3 is 5.97 Å². The summed E-state index contributed by atoms with van der Waals surface area (Å²) in [7, 11) is 0. The Morgan fingerprint density at radius 2 is 1.65 bits per heavy atom. The van der Waals surface area contributed by atoms with Crippen molar-refractivity contribution in [3.05, 3.63) is 35.9 Å². The number of carbonyl (C=O) groups is 1. The normalized spacial score (nSPS) is 12.2. The van der Waals surface area contributed by atoms with Crippen molar-refractivity contribution >= 4 is 5.97 Å². The molecule has 1 aromatic carbocycles. The van der Waals surface area contributed by atoms with E-state index < -0.39 is 18.6 Å². The van der Waals surface area contributed by atoms with E-state index in [1.807, 2.05) is 30.3 Å². The SMILES string of the molecule is CCN(C(C)C)C(C)C.O=C(O)C(CO)NCc1ccccc1. The molecule has 0 aliphatic heterocycles. The molecule has 0 amide bonds. The zero-order chi connectivity index (χ0) is 17.8. The minimum atomic E-state index is -1.04. The summed E-state index contributed by atoms with van der Waals surface area (Å²) in [6.45, 7) is 12.4. The van der Waals surface area contributed by atoms with Gasteiger partial charge in [-0.05, 0) is 39.8 Å². The number of nitrogens with one attached hydrogen (secondary N) is 1. The van der Waals surface area contributed by atoms with Crippen molar-refractivity contribution in [2.75, 3.05) is 13.2 Å². The summed E-state index contributed by atoms with van der Waals surface area (Å²) in [5.41, 5.74) is 0.993. The van der Waals surface area contributed by atoms with Gasteiger partial charge in [-0.15, -0.1) is 0 Å². The number of carboxylic acid groups (broad SMARTS) is 1. The number of hydrogen-bond acceptors (Lipinski definition) is 4. The Hall–Kier alpha value is -1.43. The number of hydrogen-bond donors (Lipinski definition) is 3. The fourth-order valence-corrected chi connectivity index (χ4v) is 2.39. The van der Waals surface area contributed by atoms with Crippen LogP contribution in [0.25, 0.3) is 0 Å². The van der Waals surface area contributed by atoms with Crippen molar-refractivity contribution in [3.63, 3.8) is 0 Å². The number of carboxylic acids is 1. The molecule has 23 heavy (non-hydrogen) atoms. The highest BCUT2D eigenvalue weighted by molar-refractivity contribution is 5.73. The molecule has 1 rings (SSSR count). The van der Waals surface area contributed by atoms with Crippen LogP contribution < -0.4 is 5.32 Å². The topological polar surface area (TPSA) is 72.8 Å². The predicted molar refractivity (Wildman–Crippen MR) is 94.4 cm³/mol. The number of aliphatic hydroxyl groups excluding tert-OH is 1. The first-order valence-corrected chi connectivity index (χ1v) is 8.20. The first kappa shape index (κ1) is 21.6. The summed E-state index contributed by atoms with van der Waals surface area (Å²) >= 11 is 0. The lowest BCUT2D eigenvalue weighted by molar-refractivity contribution is -0.140. The molecule has 0 spiro atoms. The highest BCUT2D eigenvalue weighted by Gasteiger charge is 2.14. The minimum Gasteiger partial charge on any atom is -0.480 e. The van der Waals surface area contributed by atoms with Gasteiger partial charge in [0.05, 0.1) is 6.61 Å². The highest BCUT2D eigenvalue weighted by Crippen LogP contribution is 2.02. The van der Waals surface area contributed by atoms with Crippen molar-refractivity contribution < 1.29 is 15.0 Å². The van der Waals surface area contributed by atoms with E-state index in [-0.39, 0.29) is 0 Å². The summed E-state index contributed by atoms with van der Waals surface area (Å²) in [4.78, 5) is 13.0. The third-order valence-electron chi connectivity index (χ3n) is 3.57. The van der Waals surface area contributed by atoms with Gasteiger partial charge in [0.15, 0.2) is 0 Å². The lowest BCUT2D eigenvalue weighted by atomic mass is 10.2. The van der Waals surface area contributed by atoms with E-state index in [1.54, 1.807) is 0 Å². The first-order chi connectivity index (χ1) is 10.8. The zero-order valence-corrected chi connectivity index (χ0v) is 15.0. The summed E-state index contributed by atoms with van der Waals surface area (Å²) in [6.07, 6.45) is 0. The zero-order valence-electron chi connectivity index (χ0n) is 15.0. The second-order valence-electron chi connectivity index (χ2n) is 5.96. The second kappa shape index (κ2) is 12.0. The predicted octanol–water partition coefficient (Wildman–Crippen LogP) is 2.35. The van der Waals surface area contributed by atoms with Crippen LogP contribution in [-0.2, 0) is 11.3 Å². The van der Waals surface area contributed by atoms with Crippen molar-refractivity contribution in [2.45, 2.75) is 59.3 Å². The van der Waals surface area contributed by atoms with Crippen LogP contribution in [0, 0.1) is 0 Å². The molecule has 0 aromatic heterocycles. The Balaban J connectivity index is 0.000000468. The Labute approximate surface area is 140 Å². The Bertz CT molecular complexity index is 414. The molecule has 1 unspecified atom stereocenters. The van der Waals surface area contributed by atoms with Gasteiger partial charge in [-0.25, -0.2) is 0 Å². The molecule has 1 atom stereocenters. The molecule has 0 aliphatic carbocycles. The third-order valence-corrected chi connectivity index (χ3v) is 3.57. The molecule has 5 heteroatoms. The maximum atomic E-state index is 10.5. The molecule has 0 saturated carbocycles. The van der Waals surface area contributed by atoms with E-state index in [0.29, 0.717) is 18.6 Å². The highest BCUT2D eigenvalue weighted by atomic mass is 16.4. The van der Waals surface area contributed by atoms with Crippen LogP contribution in [0.2, 0.25) is 0 Å². The van der Waals surface area contributed by atoms with E-state index in [2.05, 4.69) is 44.8 Å². The molecule has 0 heterocycles. The van der Waals surface area contributed by atoms with Gasteiger partial charge in [0.1, 0.15) is 6.04 Å². The van der Waals surface area contributed by atoms with Crippen molar-refractivity contribution in [3.8, 4) is 0 Å². The number of aliphatic hydroxyl groups is 1. The van der Waals surface area contributed by atoms with Crippen molar-refractivity contribution in [2.24, 2.45) is 0 Å². The number of aliphatic carboxylic acids is 1. The van der Waals surface area contributed by atoms with Crippen LogP contribution in [0.5, 0.6) is 0 Å². The summed E-state index contributed by atoms with van der Waals surface area (Å²) in [5.74, 6) is -1.04. The van der Waals surface area contributed by atoms with Gasteiger partial charge in [0, 0.05) is 18.6 Å². The Morgan fingerprint density at radius 3 is 1.96 bits per heavy atom. The molecule has 1 aromatic rings. The minimum absolute atomic E-state index is 0.401. The standard InChI is InChI=1S/C10H13NO3.C8H19N/c12-7-9(10(13)14)11-6-8-4-2-1-3-5-8;1-6-9(7(2)3)8(4)5/h1-5,9,11-12H,6-7H2,(H,13,14);7-8H,6H2,1-5H3. The van der Waals surface area contributed by atoms with Crippen LogP contribution in [0.3, 0.4) is 0 Å². The summed E-state index contributed by atoms with van der Waals surface area (Å²) in [5, 5.41) is 20.1. The fraction of sp³-hybridized carbons (Fsp3) is 0.611. The maximum Gasteiger partial charge on any atom is 0.323 e. The average Bonchev–Trinajstić information content (AvgIpc) is 2.49. The lowest BCUT2D eigenvalue weighted by Crippen LogP contribution is -2.39. The Morgan fingerprint density at radius 1 is 1.13 bits per heavy atom. The summed E-state index contributed by atoms with van der Waals surface area (Å²) < 4.78 is 0. The van der Waals surface area contributed by atoms with E-state index >= 15 is 0 Å². The smallest absolute Gasteiger partial charge is 0.323 e. The second-order valence-corrected chi connectivity index (χ2v) is 5.96. The van der Waals surface area contributed by atoms with E-state index in [9.17, 15) is 4.79 Å². The average molecular weight is 324 g/mol. The molecule has 132 valence electrons. The molecular weight excluding hydrogens is 292 g/mol. The van der Waals surface area contributed by atoms with Crippen LogP contribution >= 0.6 is 0 Å². The first-order valence-electron chi connectivity index (χ1n) is 8.20. The number of benzene rings is 1. The van der Waals surface area contributed by atoms with Crippen LogP contribution in [0.1, 0.15) is 40.2 Å². The third kappa shape index (κ3) is 9.33. The molecule has 0 saturated heterocycles. The van der Waals surface area contributed by atoms with Crippen LogP contribution in [0.15, 0.2) is 30.3 Å². The number of rotatable bonds is 8. The molecule has 0 bridgehead atoms. The largest absolute Gasteiger partial charge is 0.480 e. The quantitative estimate of drug-likeness (QED) is 0.684.